The van der Waals surface area contributed by atoms with Crippen LogP contribution in [0, 0.1) is 0 Å². The Morgan fingerprint density at radius 2 is 1.48 bits per heavy atom. The summed E-state index contributed by atoms with van der Waals surface area (Å²) in [5.41, 5.74) is -3.17. The number of alkyl carbamates (subject to hydrolysis) is 1. The second-order valence-corrected chi connectivity index (χ2v) is 12.3. The van der Waals surface area contributed by atoms with Gasteiger partial charge in [0.15, 0.2) is 0 Å². The van der Waals surface area contributed by atoms with E-state index in [1.807, 2.05) is 0 Å². The van der Waals surface area contributed by atoms with E-state index in [1.165, 1.54) is 0 Å². The highest BCUT2D eigenvalue weighted by Crippen LogP contribution is 2.36. The van der Waals surface area contributed by atoms with Gasteiger partial charge in [-0.15, -0.1) is 0 Å². The van der Waals surface area contributed by atoms with Crippen molar-refractivity contribution in [1.29, 1.82) is 0 Å². The number of carbonyl (C=O) groups excluding carboxylic acids is 1. The minimum absolute atomic E-state index is 0.0375. The maximum absolute atomic E-state index is 12.7. The standard InChI is InChI=1S/C15H19F6NO2Si/c1-25(2,3)5-4-24-13(23)22-9-10-6-11(14(16,17)18)8-12(7-10)15(19,20)21/h6-8H,4-5,9H2,1-3H3,(H,22,23). The molecule has 1 aromatic carbocycles. The van der Waals surface area contributed by atoms with Crippen LogP contribution in [0.5, 0.6) is 0 Å². The average molecular weight is 387 g/mol. The molecule has 1 N–H and O–H groups in total. The number of hydrogen-bond donors (Lipinski definition) is 1. The third kappa shape index (κ3) is 7.80. The highest BCUT2D eigenvalue weighted by molar-refractivity contribution is 6.76. The van der Waals surface area contributed by atoms with Crippen LogP contribution >= 0.6 is 0 Å². The molecule has 0 saturated carbocycles. The van der Waals surface area contributed by atoms with Gasteiger partial charge in [0, 0.05) is 14.6 Å². The molecule has 0 spiro atoms. The highest BCUT2D eigenvalue weighted by Gasteiger charge is 2.36. The van der Waals surface area contributed by atoms with Crippen molar-refractivity contribution in [3.63, 3.8) is 0 Å². The van der Waals surface area contributed by atoms with E-state index in [-0.39, 0.29) is 18.2 Å². The Bertz CT molecular complexity index is 575. The Morgan fingerprint density at radius 1 is 1.00 bits per heavy atom. The van der Waals surface area contributed by atoms with Crippen LogP contribution in [-0.2, 0) is 23.6 Å². The summed E-state index contributed by atoms with van der Waals surface area (Å²) in [5, 5.41) is 2.16. The summed E-state index contributed by atoms with van der Waals surface area (Å²) >= 11 is 0. The zero-order valence-corrected chi connectivity index (χ0v) is 14.9. The number of carbonyl (C=O) groups is 1. The summed E-state index contributed by atoms with van der Waals surface area (Å²) in [6.45, 7) is 5.84. The molecule has 0 unspecified atom stereocenters. The molecule has 0 radical (unpaired) electrons. The number of alkyl halides is 6. The molecule has 0 heterocycles. The lowest BCUT2D eigenvalue weighted by Crippen LogP contribution is -2.28. The summed E-state index contributed by atoms with van der Waals surface area (Å²) in [7, 11) is -1.42. The van der Waals surface area contributed by atoms with Gasteiger partial charge in [0.2, 0.25) is 0 Å². The smallest absolute Gasteiger partial charge is 0.416 e. The fourth-order valence-electron chi connectivity index (χ4n) is 1.80. The molecule has 0 aliphatic carbocycles. The fourth-order valence-corrected chi connectivity index (χ4v) is 2.51. The number of ether oxygens (including phenoxy) is 1. The van der Waals surface area contributed by atoms with Crippen LogP contribution in [0.3, 0.4) is 0 Å². The quantitative estimate of drug-likeness (QED) is 0.551. The first-order valence-electron chi connectivity index (χ1n) is 7.37. The van der Waals surface area contributed by atoms with E-state index in [9.17, 15) is 31.1 Å². The number of benzene rings is 1. The van der Waals surface area contributed by atoms with Crippen molar-refractivity contribution < 1.29 is 35.9 Å². The predicted octanol–water partition coefficient (Wildman–Crippen LogP) is 5.29. The van der Waals surface area contributed by atoms with Crippen molar-refractivity contribution >= 4 is 14.2 Å². The van der Waals surface area contributed by atoms with E-state index >= 15 is 0 Å². The van der Waals surface area contributed by atoms with Gasteiger partial charge >= 0.3 is 18.4 Å². The molecule has 25 heavy (non-hydrogen) atoms. The minimum Gasteiger partial charge on any atom is -0.450 e. The van der Waals surface area contributed by atoms with Gasteiger partial charge in [0.1, 0.15) is 0 Å². The van der Waals surface area contributed by atoms with Crippen molar-refractivity contribution in [3.8, 4) is 0 Å². The Morgan fingerprint density at radius 3 is 1.88 bits per heavy atom. The fraction of sp³-hybridized carbons (Fsp3) is 0.533. The monoisotopic (exact) mass is 387 g/mol. The van der Waals surface area contributed by atoms with Crippen molar-refractivity contribution in [2.75, 3.05) is 6.61 Å². The van der Waals surface area contributed by atoms with Crippen LogP contribution in [0.25, 0.3) is 0 Å². The normalized spacial score (nSPS) is 12.8. The van der Waals surface area contributed by atoms with Gasteiger partial charge in [-0.25, -0.2) is 4.79 Å². The minimum atomic E-state index is -4.92. The molecule has 0 atom stereocenters. The lowest BCUT2D eigenvalue weighted by Gasteiger charge is -2.16. The first-order valence-corrected chi connectivity index (χ1v) is 11.1. The molecule has 0 saturated heterocycles. The highest BCUT2D eigenvalue weighted by atomic mass is 28.3. The lowest BCUT2D eigenvalue weighted by molar-refractivity contribution is -0.143. The van der Waals surface area contributed by atoms with Crippen molar-refractivity contribution in [1.82, 2.24) is 5.32 Å². The Kier molecular flexibility index (Phi) is 6.54. The number of hydrogen-bond acceptors (Lipinski definition) is 2. The molecule has 1 amide bonds. The van der Waals surface area contributed by atoms with Gasteiger partial charge in [-0.05, 0) is 29.8 Å². The number of nitrogens with one attached hydrogen (secondary N) is 1. The molecule has 3 nitrogen and oxygen atoms in total. The molecule has 0 aromatic heterocycles. The van der Waals surface area contributed by atoms with Gasteiger partial charge in [-0.2, -0.15) is 26.3 Å². The Balaban J connectivity index is 2.79. The molecule has 142 valence electrons. The molecule has 0 fully saturated rings. The van der Waals surface area contributed by atoms with Crippen molar-refractivity contribution in [2.45, 2.75) is 44.6 Å². The van der Waals surface area contributed by atoms with E-state index in [4.69, 9.17) is 4.74 Å². The maximum atomic E-state index is 12.7. The molecule has 0 aliphatic heterocycles. The third-order valence-corrected chi connectivity index (χ3v) is 4.87. The van der Waals surface area contributed by atoms with Crippen LogP contribution in [-0.4, -0.2) is 20.8 Å². The zero-order chi connectivity index (χ0) is 19.5. The SMILES string of the molecule is C[Si](C)(C)CCOC(=O)NCc1cc(C(F)(F)F)cc(C(F)(F)F)c1. The first-order chi connectivity index (χ1) is 11.2. The van der Waals surface area contributed by atoms with Crippen molar-refractivity contribution in [2.24, 2.45) is 0 Å². The maximum Gasteiger partial charge on any atom is 0.416 e. The number of rotatable bonds is 5. The molecule has 1 aromatic rings. The Hall–Kier alpha value is -1.71. The second-order valence-electron chi connectivity index (χ2n) is 6.71. The number of halogens is 6. The largest absolute Gasteiger partial charge is 0.450 e. The van der Waals surface area contributed by atoms with Gasteiger partial charge in [0.05, 0.1) is 17.7 Å². The molecule has 10 heteroatoms. The van der Waals surface area contributed by atoms with E-state index in [0.717, 1.165) is 0 Å². The lowest BCUT2D eigenvalue weighted by atomic mass is 10.0. The van der Waals surface area contributed by atoms with Gasteiger partial charge < -0.3 is 10.1 Å². The summed E-state index contributed by atoms with van der Waals surface area (Å²) in [5.74, 6) is 0. The van der Waals surface area contributed by atoms with Gasteiger partial charge in [-0.3, -0.25) is 0 Å². The molecular weight excluding hydrogens is 368 g/mol. The van der Waals surface area contributed by atoms with Crippen LogP contribution in [0.1, 0.15) is 16.7 Å². The first kappa shape index (κ1) is 21.3. The predicted molar refractivity (Wildman–Crippen MR) is 82.8 cm³/mol. The van der Waals surface area contributed by atoms with Crippen LogP contribution < -0.4 is 5.32 Å². The summed E-state index contributed by atoms with van der Waals surface area (Å²) in [4.78, 5) is 11.5. The zero-order valence-electron chi connectivity index (χ0n) is 13.9. The molecule has 0 bridgehead atoms. The molecular formula is C15H19F6NO2Si. The van der Waals surface area contributed by atoms with E-state index < -0.39 is 44.2 Å². The van der Waals surface area contributed by atoms with E-state index in [0.29, 0.717) is 18.2 Å². The van der Waals surface area contributed by atoms with E-state index in [2.05, 4.69) is 25.0 Å². The topological polar surface area (TPSA) is 38.3 Å². The molecule has 0 aliphatic rings. The molecule has 1 rings (SSSR count). The van der Waals surface area contributed by atoms with Gasteiger partial charge in [0.25, 0.3) is 0 Å². The third-order valence-electron chi connectivity index (χ3n) is 3.17. The average Bonchev–Trinajstić information content (AvgIpc) is 2.41. The van der Waals surface area contributed by atoms with Crippen LogP contribution in [0.4, 0.5) is 31.1 Å². The van der Waals surface area contributed by atoms with Crippen LogP contribution in [0.15, 0.2) is 18.2 Å². The second kappa shape index (κ2) is 7.67. The summed E-state index contributed by atoms with van der Waals surface area (Å²) in [6, 6.07) is 1.87. The Labute approximate surface area is 142 Å². The summed E-state index contributed by atoms with van der Waals surface area (Å²) in [6.07, 6.45) is -10.7. The van der Waals surface area contributed by atoms with Crippen LogP contribution in [0.2, 0.25) is 25.7 Å². The van der Waals surface area contributed by atoms with Gasteiger partial charge in [-0.1, -0.05) is 19.6 Å². The van der Waals surface area contributed by atoms with Crippen molar-refractivity contribution in [3.05, 3.63) is 34.9 Å². The van der Waals surface area contributed by atoms with E-state index in [1.54, 1.807) is 0 Å². The summed E-state index contributed by atoms with van der Waals surface area (Å²) < 4.78 is 81.3. The number of amides is 1.